The highest BCUT2D eigenvalue weighted by molar-refractivity contribution is 9.10. The second-order valence-electron chi connectivity index (χ2n) is 9.42. The molecule has 0 N–H and O–H groups in total. The lowest BCUT2D eigenvalue weighted by molar-refractivity contribution is -0.0566. The molecule has 30 heavy (non-hydrogen) atoms. The van der Waals surface area contributed by atoms with Crippen molar-refractivity contribution in [1.82, 2.24) is 9.80 Å². The van der Waals surface area contributed by atoms with E-state index < -0.39 is 11.5 Å². The van der Waals surface area contributed by atoms with Crippen LogP contribution in [0.3, 0.4) is 0 Å². The molecule has 2 heterocycles. The molecular formula is C22H32BrF2N3O2. The van der Waals surface area contributed by atoms with Crippen LogP contribution in [-0.2, 0) is 11.3 Å². The summed E-state index contributed by atoms with van der Waals surface area (Å²) >= 11 is 3.60. The van der Waals surface area contributed by atoms with Crippen LogP contribution in [0.4, 0.5) is 19.3 Å². The minimum atomic E-state index is -2.52. The molecule has 1 aromatic rings. The smallest absolute Gasteiger partial charge is 0.410 e. The van der Waals surface area contributed by atoms with Crippen molar-refractivity contribution in [2.24, 2.45) is 0 Å². The first-order valence-corrected chi connectivity index (χ1v) is 11.4. The Balaban J connectivity index is 1.63. The molecule has 2 aliphatic heterocycles. The van der Waals surface area contributed by atoms with E-state index in [4.69, 9.17) is 4.74 Å². The van der Waals surface area contributed by atoms with E-state index in [9.17, 15) is 13.6 Å². The predicted molar refractivity (Wildman–Crippen MR) is 118 cm³/mol. The van der Waals surface area contributed by atoms with Crippen molar-refractivity contribution in [1.29, 1.82) is 0 Å². The van der Waals surface area contributed by atoms with Crippen molar-refractivity contribution in [3.05, 3.63) is 28.2 Å². The molecule has 1 unspecified atom stereocenters. The average Bonchev–Trinajstić information content (AvgIpc) is 2.61. The van der Waals surface area contributed by atoms with Crippen molar-refractivity contribution in [3.8, 4) is 0 Å². The van der Waals surface area contributed by atoms with E-state index in [1.165, 1.54) is 0 Å². The minimum absolute atomic E-state index is 0.0281. The molecule has 1 atom stereocenters. The lowest BCUT2D eigenvalue weighted by atomic mass is 10.1. The zero-order chi connectivity index (χ0) is 22.1. The van der Waals surface area contributed by atoms with E-state index >= 15 is 0 Å². The summed E-state index contributed by atoms with van der Waals surface area (Å²) in [6, 6.07) is 6.29. The highest BCUT2D eigenvalue weighted by atomic mass is 79.9. The van der Waals surface area contributed by atoms with E-state index in [-0.39, 0.29) is 25.0 Å². The Morgan fingerprint density at radius 2 is 1.83 bits per heavy atom. The Kier molecular flexibility index (Phi) is 6.97. The molecule has 0 spiro atoms. The van der Waals surface area contributed by atoms with E-state index in [2.05, 4.69) is 43.9 Å². The fraction of sp³-hybridized carbons (Fsp3) is 0.682. The number of carbonyl (C=O) groups excluding carboxylic acids is 1. The van der Waals surface area contributed by atoms with Gasteiger partial charge < -0.3 is 14.5 Å². The van der Waals surface area contributed by atoms with Crippen LogP contribution in [0.1, 0.15) is 46.1 Å². The molecule has 5 nitrogen and oxygen atoms in total. The molecule has 1 amide bonds. The Labute approximate surface area is 186 Å². The van der Waals surface area contributed by atoms with Gasteiger partial charge in [0, 0.05) is 68.3 Å². The molecule has 0 saturated carbocycles. The number of piperidine rings is 1. The van der Waals surface area contributed by atoms with Gasteiger partial charge in [0.15, 0.2) is 0 Å². The van der Waals surface area contributed by atoms with Crippen LogP contribution in [0.2, 0.25) is 0 Å². The lowest BCUT2D eigenvalue weighted by Crippen LogP contribution is -2.55. The van der Waals surface area contributed by atoms with Gasteiger partial charge in [-0.2, -0.15) is 0 Å². The first-order chi connectivity index (χ1) is 13.9. The van der Waals surface area contributed by atoms with Gasteiger partial charge in [-0.05, 0) is 51.5 Å². The summed E-state index contributed by atoms with van der Waals surface area (Å²) in [7, 11) is 0. The normalized spacial score (nSPS) is 22.8. The number of alkyl halides is 2. The average molecular weight is 488 g/mol. The summed E-state index contributed by atoms with van der Waals surface area (Å²) in [6.45, 7) is 11.2. The van der Waals surface area contributed by atoms with E-state index in [0.717, 1.165) is 22.3 Å². The first kappa shape index (κ1) is 23.3. The largest absolute Gasteiger partial charge is 0.444 e. The van der Waals surface area contributed by atoms with Gasteiger partial charge in [-0.1, -0.05) is 15.9 Å². The van der Waals surface area contributed by atoms with Gasteiger partial charge in [0.25, 0.3) is 5.92 Å². The van der Waals surface area contributed by atoms with Crippen LogP contribution in [0.15, 0.2) is 22.7 Å². The molecule has 0 aromatic heterocycles. The number of halogens is 3. The number of nitrogens with zero attached hydrogens (tertiary/aromatic N) is 3. The fourth-order valence-corrected chi connectivity index (χ4v) is 4.52. The second-order valence-corrected chi connectivity index (χ2v) is 10.3. The van der Waals surface area contributed by atoms with Gasteiger partial charge >= 0.3 is 6.09 Å². The summed E-state index contributed by atoms with van der Waals surface area (Å²) in [5.74, 6) is -2.52. The monoisotopic (exact) mass is 487 g/mol. The van der Waals surface area contributed by atoms with Gasteiger partial charge in [-0.3, -0.25) is 4.90 Å². The molecule has 168 valence electrons. The summed E-state index contributed by atoms with van der Waals surface area (Å²) in [5.41, 5.74) is 1.68. The summed E-state index contributed by atoms with van der Waals surface area (Å²) in [4.78, 5) is 18.6. The van der Waals surface area contributed by atoms with Gasteiger partial charge in [0.1, 0.15) is 5.60 Å². The molecule has 0 bridgehead atoms. The number of anilines is 1. The van der Waals surface area contributed by atoms with Crippen molar-refractivity contribution < 1.29 is 18.3 Å². The number of carbonyl (C=O) groups is 1. The number of amides is 1. The summed E-state index contributed by atoms with van der Waals surface area (Å²) < 4.78 is 33.4. The molecule has 0 radical (unpaired) electrons. The topological polar surface area (TPSA) is 36.0 Å². The maximum Gasteiger partial charge on any atom is 0.410 e. The number of rotatable bonds is 3. The molecule has 3 rings (SSSR count). The van der Waals surface area contributed by atoms with Crippen LogP contribution in [0.25, 0.3) is 0 Å². The number of benzene rings is 1. The van der Waals surface area contributed by atoms with Crippen LogP contribution >= 0.6 is 15.9 Å². The van der Waals surface area contributed by atoms with E-state index in [1.54, 1.807) is 4.90 Å². The summed E-state index contributed by atoms with van der Waals surface area (Å²) in [5, 5.41) is 0. The zero-order valence-electron chi connectivity index (χ0n) is 18.3. The fourth-order valence-electron chi connectivity index (χ4n) is 3.99. The number of likely N-dealkylation sites (tertiary alicyclic amines) is 1. The highest BCUT2D eigenvalue weighted by Gasteiger charge is 2.34. The van der Waals surface area contributed by atoms with Gasteiger partial charge in [-0.15, -0.1) is 0 Å². The maximum atomic E-state index is 13.4. The third kappa shape index (κ3) is 6.30. The Morgan fingerprint density at radius 3 is 2.43 bits per heavy atom. The second kappa shape index (κ2) is 8.99. The molecule has 2 fully saturated rings. The predicted octanol–water partition coefficient (Wildman–Crippen LogP) is 5.13. The standard InChI is InChI=1S/C22H32BrF2N3O2/c1-16-14-27(9-10-28(16)20(29)30-21(2,3)4)19-12-17(11-18(23)13-19)15-26-7-5-22(24,25)6-8-26/h11-13,16H,5-10,14-15H2,1-4H3. The SMILES string of the molecule is CC1CN(c2cc(Br)cc(CN3CCC(F)(F)CC3)c2)CCN1C(=O)OC(C)(C)C. The number of hydrogen-bond donors (Lipinski definition) is 0. The molecule has 1 aromatic carbocycles. The third-order valence-corrected chi connectivity index (χ3v) is 6.01. The molecular weight excluding hydrogens is 456 g/mol. The lowest BCUT2D eigenvalue weighted by Gasteiger charge is -2.41. The highest BCUT2D eigenvalue weighted by Crippen LogP contribution is 2.30. The van der Waals surface area contributed by atoms with Crippen molar-refractivity contribution in [3.63, 3.8) is 0 Å². The summed E-state index contributed by atoms with van der Waals surface area (Å²) in [6.07, 6.45) is -0.415. The van der Waals surface area contributed by atoms with Crippen molar-refractivity contribution >= 4 is 27.7 Å². The Bertz CT molecular complexity index is 759. The third-order valence-electron chi connectivity index (χ3n) is 5.56. The van der Waals surface area contributed by atoms with E-state index in [0.29, 0.717) is 32.7 Å². The molecule has 2 aliphatic rings. The first-order valence-electron chi connectivity index (χ1n) is 10.6. The minimum Gasteiger partial charge on any atom is -0.444 e. The van der Waals surface area contributed by atoms with Crippen LogP contribution < -0.4 is 4.90 Å². The molecule has 2 saturated heterocycles. The number of piperazine rings is 1. The van der Waals surface area contributed by atoms with Gasteiger partial charge in [0.05, 0.1) is 0 Å². The van der Waals surface area contributed by atoms with E-state index in [1.807, 2.05) is 27.7 Å². The van der Waals surface area contributed by atoms with Crippen LogP contribution in [-0.4, -0.2) is 66.2 Å². The Morgan fingerprint density at radius 1 is 1.17 bits per heavy atom. The number of hydrogen-bond acceptors (Lipinski definition) is 4. The van der Waals surface area contributed by atoms with Gasteiger partial charge in [0.2, 0.25) is 0 Å². The maximum absolute atomic E-state index is 13.4. The van der Waals surface area contributed by atoms with Crippen molar-refractivity contribution in [2.75, 3.05) is 37.6 Å². The van der Waals surface area contributed by atoms with Crippen molar-refractivity contribution in [2.45, 2.75) is 64.6 Å². The van der Waals surface area contributed by atoms with Gasteiger partial charge in [-0.25, -0.2) is 13.6 Å². The molecule has 0 aliphatic carbocycles. The Hall–Kier alpha value is -1.41. The molecule has 8 heteroatoms. The zero-order valence-corrected chi connectivity index (χ0v) is 19.8. The number of ether oxygens (including phenoxy) is 1. The van der Waals surface area contributed by atoms with Crippen LogP contribution in [0, 0.1) is 0 Å². The van der Waals surface area contributed by atoms with Crippen LogP contribution in [0.5, 0.6) is 0 Å². The quantitative estimate of drug-likeness (QED) is 0.592.